The molecule has 0 spiro atoms. The first-order chi connectivity index (χ1) is 18.5. The monoisotopic (exact) mass is 517 g/mol. The molecule has 2 aromatic heterocycles. The van der Waals surface area contributed by atoms with Crippen molar-refractivity contribution in [2.45, 2.75) is 45.4 Å². The number of pyridine rings is 1. The van der Waals surface area contributed by atoms with Crippen LogP contribution < -0.4 is 10.5 Å². The maximum atomic E-state index is 14.5. The van der Waals surface area contributed by atoms with Crippen LogP contribution in [0.2, 0.25) is 0 Å². The zero-order chi connectivity index (χ0) is 26.2. The number of benzene rings is 2. The van der Waals surface area contributed by atoms with Gasteiger partial charge in [-0.2, -0.15) is 0 Å². The normalized spacial score (nSPS) is 19.3. The van der Waals surface area contributed by atoms with Crippen LogP contribution in [0.15, 0.2) is 47.3 Å². The number of fused-ring (bicyclic) bond motifs is 1. The standard InChI is InChI=1S/C28H32FN7O2/c1-18-14-19(2)21-16-22(28(37)30-24(21)15-18)26(27-31-32-33-36(27)17-20-6-5-13-38-20)35-11-9-34(10-12-35)25-8-4-3-7-23(25)29/h3-4,7-8,14-16,20,26H,5-6,9-13,17H2,1-2H3,(H,30,37)/t20-,26+/m1/s1. The van der Waals surface area contributed by atoms with E-state index in [-0.39, 0.29) is 17.5 Å². The number of aryl methyl sites for hydroxylation is 2. The highest BCUT2D eigenvalue weighted by Gasteiger charge is 2.34. The summed E-state index contributed by atoms with van der Waals surface area (Å²) in [5, 5.41) is 13.7. The minimum absolute atomic E-state index is 0.0518. The number of ether oxygens (including phenoxy) is 1. The van der Waals surface area contributed by atoms with Gasteiger partial charge in [-0.05, 0) is 72.5 Å². The number of rotatable bonds is 6. The number of para-hydroxylation sites is 1. The number of hydrogen-bond donors (Lipinski definition) is 1. The molecule has 2 aromatic carbocycles. The number of nitrogens with one attached hydrogen (secondary N) is 1. The third kappa shape index (κ3) is 4.69. The van der Waals surface area contributed by atoms with Crippen LogP contribution >= 0.6 is 0 Å². The predicted molar refractivity (Wildman–Crippen MR) is 143 cm³/mol. The minimum atomic E-state index is -0.456. The van der Waals surface area contributed by atoms with Gasteiger partial charge in [-0.15, -0.1) is 5.10 Å². The van der Waals surface area contributed by atoms with Crippen LogP contribution in [-0.4, -0.2) is 69.0 Å². The second kappa shape index (κ2) is 10.3. The third-order valence-electron chi connectivity index (χ3n) is 7.71. The average molecular weight is 518 g/mol. The summed E-state index contributed by atoms with van der Waals surface area (Å²) >= 11 is 0. The van der Waals surface area contributed by atoms with Crippen molar-refractivity contribution in [3.63, 3.8) is 0 Å². The number of anilines is 1. The Balaban J connectivity index is 1.39. The molecule has 2 fully saturated rings. The third-order valence-corrected chi connectivity index (χ3v) is 7.71. The smallest absolute Gasteiger partial charge is 0.253 e. The molecule has 198 valence electrons. The fraction of sp³-hybridized carbons (Fsp3) is 0.429. The summed E-state index contributed by atoms with van der Waals surface area (Å²) in [5.74, 6) is 0.393. The van der Waals surface area contributed by atoms with Crippen molar-refractivity contribution < 1.29 is 9.13 Å². The highest BCUT2D eigenvalue weighted by atomic mass is 19.1. The molecule has 9 nitrogen and oxygen atoms in total. The van der Waals surface area contributed by atoms with Crippen LogP contribution in [0.1, 0.15) is 41.4 Å². The van der Waals surface area contributed by atoms with Crippen molar-refractivity contribution in [1.29, 1.82) is 0 Å². The van der Waals surface area contributed by atoms with Gasteiger partial charge in [-0.3, -0.25) is 9.69 Å². The van der Waals surface area contributed by atoms with Crippen LogP contribution in [0.3, 0.4) is 0 Å². The molecular weight excluding hydrogens is 485 g/mol. The summed E-state index contributed by atoms with van der Waals surface area (Å²) in [6.45, 7) is 7.84. The molecule has 0 unspecified atom stereocenters. The van der Waals surface area contributed by atoms with Gasteiger partial charge in [0.1, 0.15) is 11.9 Å². The lowest BCUT2D eigenvalue weighted by Gasteiger charge is -2.39. The first-order valence-corrected chi connectivity index (χ1v) is 13.2. The topological polar surface area (TPSA) is 92.2 Å². The summed E-state index contributed by atoms with van der Waals surface area (Å²) in [4.78, 5) is 21.0. The molecule has 2 saturated heterocycles. The molecule has 0 saturated carbocycles. The van der Waals surface area contributed by atoms with E-state index < -0.39 is 6.04 Å². The SMILES string of the molecule is Cc1cc(C)c2cc([C@@H](c3nnnn3C[C@H]3CCCO3)N3CCN(c4ccccc4F)CC3)c(=O)[nH]c2c1. The number of aromatic nitrogens is 5. The van der Waals surface area contributed by atoms with Gasteiger partial charge >= 0.3 is 0 Å². The quantitative estimate of drug-likeness (QED) is 0.419. The van der Waals surface area contributed by atoms with E-state index in [0.717, 1.165) is 41.5 Å². The molecule has 10 heteroatoms. The van der Waals surface area contributed by atoms with Gasteiger partial charge < -0.3 is 14.6 Å². The van der Waals surface area contributed by atoms with Crippen molar-refractivity contribution in [2.75, 3.05) is 37.7 Å². The summed E-state index contributed by atoms with van der Waals surface area (Å²) in [5.41, 5.74) is 4.06. The highest BCUT2D eigenvalue weighted by Crippen LogP contribution is 2.31. The van der Waals surface area contributed by atoms with E-state index in [0.29, 0.717) is 49.8 Å². The Morgan fingerprint density at radius 1 is 1.13 bits per heavy atom. The molecule has 0 radical (unpaired) electrons. The Bertz CT molecular complexity index is 1500. The second-order valence-electron chi connectivity index (χ2n) is 10.3. The number of H-pyrrole nitrogens is 1. The van der Waals surface area contributed by atoms with E-state index in [9.17, 15) is 9.18 Å². The highest BCUT2D eigenvalue weighted by molar-refractivity contribution is 5.83. The van der Waals surface area contributed by atoms with Crippen molar-refractivity contribution in [2.24, 2.45) is 0 Å². The molecule has 2 aliphatic rings. The van der Waals surface area contributed by atoms with E-state index >= 15 is 0 Å². The van der Waals surface area contributed by atoms with E-state index in [1.807, 2.05) is 31.2 Å². The Labute approximate surface area is 220 Å². The fourth-order valence-electron chi connectivity index (χ4n) is 5.84. The van der Waals surface area contributed by atoms with Gasteiger partial charge in [0.05, 0.1) is 18.3 Å². The molecule has 38 heavy (non-hydrogen) atoms. The molecule has 4 aromatic rings. The minimum Gasteiger partial charge on any atom is -0.376 e. The lowest BCUT2D eigenvalue weighted by molar-refractivity contribution is 0.0906. The maximum absolute atomic E-state index is 14.5. The van der Waals surface area contributed by atoms with Crippen LogP contribution in [0.5, 0.6) is 0 Å². The number of hydrogen-bond acceptors (Lipinski definition) is 7. The van der Waals surface area contributed by atoms with E-state index in [1.165, 1.54) is 6.07 Å². The van der Waals surface area contributed by atoms with E-state index in [4.69, 9.17) is 4.74 Å². The molecule has 0 aliphatic carbocycles. The van der Waals surface area contributed by atoms with Gasteiger partial charge in [0.15, 0.2) is 5.82 Å². The largest absolute Gasteiger partial charge is 0.376 e. The molecule has 6 rings (SSSR count). The number of nitrogens with zero attached hydrogens (tertiary/aromatic N) is 6. The number of tetrazole rings is 1. The Hall–Kier alpha value is -3.63. The Kier molecular flexibility index (Phi) is 6.67. The molecule has 1 N–H and O–H groups in total. The van der Waals surface area contributed by atoms with Crippen molar-refractivity contribution in [1.82, 2.24) is 30.1 Å². The van der Waals surface area contributed by atoms with Crippen LogP contribution in [0, 0.1) is 19.7 Å². The van der Waals surface area contributed by atoms with E-state index in [1.54, 1.807) is 10.7 Å². The lowest BCUT2D eigenvalue weighted by Crippen LogP contribution is -2.49. The van der Waals surface area contributed by atoms with Gasteiger partial charge in [0.25, 0.3) is 5.56 Å². The summed E-state index contributed by atoms with van der Waals surface area (Å²) < 4.78 is 22.1. The average Bonchev–Trinajstić information content (AvgIpc) is 3.58. The first-order valence-electron chi connectivity index (χ1n) is 13.2. The van der Waals surface area contributed by atoms with Crippen LogP contribution in [0.4, 0.5) is 10.1 Å². The second-order valence-corrected chi connectivity index (χ2v) is 10.3. The molecule has 0 bridgehead atoms. The zero-order valence-corrected chi connectivity index (χ0v) is 21.7. The maximum Gasteiger partial charge on any atom is 0.253 e. The van der Waals surface area contributed by atoms with Gasteiger partial charge in [0.2, 0.25) is 0 Å². The van der Waals surface area contributed by atoms with Gasteiger partial charge in [-0.1, -0.05) is 18.2 Å². The van der Waals surface area contributed by atoms with E-state index in [2.05, 4.69) is 43.3 Å². The lowest BCUT2D eigenvalue weighted by atomic mass is 9.99. The summed E-state index contributed by atoms with van der Waals surface area (Å²) in [7, 11) is 0. The molecule has 0 amide bonds. The zero-order valence-electron chi connectivity index (χ0n) is 21.7. The summed E-state index contributed by atoms with van der Waals surface area (Å²) in [6.07, 6.45) is 2.03. The molecular formula is C28H32FN7O2. The van der Waals surface area contributed by atoms with Crippen LogP contribution in [0.25, 0.3) is 10.9 Å². The number of aromatic amines is 1. The summed E-state index contributed by atoms with van der Waals surface area (Å²) in [6, 6.07) is 12.5. The van der Waals surface area contributed by atoms with Crippen molar-refractivity contribution >= 4 is 16.6 Å². The van der Waals surface area contributed by atoms with Crippen molar-refractivity contribution in [3.8, 4) is 0 Å². The predicted octanol–water partition coefficient (Wildman–Crippen LogP) is 3.36. The Morgan fingerprint density at radius 3 is 2.71 bits per heavy atom. The number of piperazine rings is 1. The first kappa shape index (κ1) is 24.7. The van der Waals surface area contributed by atoms with Crippen molar-refractivity contribution in [3.05, 3.63) is 81.2 Å². The van der Waals surface area contributed by atoms with Crippen LogP contribution in [-0.2, 0) is 11.3 Å². The molecule has 2 atom stereocenters. The molecule has 2 aliphatic heterocycles. The van der Waals surface area contributed by atoms with Gasteiger partial charge in [-0.25, -0.2) is 9.07 Å². The number of halogens is 1. The van der Waals surface area contributed by atoms with Gasteiger partial charge in [0, 0.05) is 49.3 Å². The Morgan fingerprint density at radius 2 is 1.95 bits per heavy atom. The fourth-order valence-corrected chi connectivity index (χ4v) is 5.84. The molecule has 4 heterocycles.